The van der Waals surface area contributed by atoms with Gasteiger partial charge < -0.3 is 0 Å². The van der Waals surface area contributed by atoms with Crippen molar-refractivity contribution in [2.75, 3.05) is 0 Å². The van der Waals surface area contributed by atoms with Gasteiger partial charge in [-0.25, -0.2) is 9.97 Å². The Labute approximate surface area is 141 Å². The van der Waals surface area contributed by atoms with Gasteiger partial charge in [-0.2, -0.15) is 0 Å². The van der Waals surface area contributed by atoms with Gasteiger partial charge in [0.2, 0.25) is 0 Å². The molecule has 0 bridgehead atoms. The van der Waals surface area contributed by atoms with E-state index < -0.39 is 0 Å². The minimum Gasteiger partial charge on any atom is -0.248 e. The molecule has 4 rings (SSSR count). The second-order valence-corrected chi connectivity index (χ2v) is 6.20. The van der Waals surface area contributed by atoms with E-state index in [-0.39, 0.29) is 0 Å². The fourth-order valence-corrected chi connectivity index (χ4v) is 2.88. The Balaban J connectivity index is 1.66. The van der Waals surface area contributed by atoms with Gasteiger partial charge in [0.15, 0.2) is 0 Å². The van der Waals surface area contributed by atoms with Crippen LogP contribution < -0.4 is 0 Å². The lowest BCUT2D eigenvalue weighted by atomic mass is 10.1. The molecule has 2 heterocycles. The molecule has 0 fully saturated rings. The molecular weight excluding hydrogens is 292 g/mol. The van der Waals surface area contributed by atoms with Crippen LogP contribution in [0.15, 0.2) is 60.7 Å². The Bertz CT molecular complexity index is 990. The number of nitrogens with zero attached hydrogens (tertiary/aromatic N) is 2. The number of aromatic nitrogens is 2. The normalized spacial score (nSPS) is 11.6. The number of pyridine rings is 2. The summed E-state index contributed by atoms with van der Waals surface area (Å²) in [5.41, 5.74) is 6.43. The molecule has 2 nitrogen and oxygen atoms in total. The lowest BCUT2D eigenvalue weighted by molar-refractivity contribution is 1.35. The van der Waals surface area contributed by atoms with Crippen LogP contribution in [0.3, 0.4) is 0 Å². The number of benzene rings is 2. The van der Waals surface area contributed by atoms with Gasteiger partial charge in [0, 0.05) is 10.8 Å². The Kier molecular flexibility index (Phi) is 3.58. The van der Waals surface area contributed by atoms with E-state index >= 15 is 0 Å². The molecule has 0 spiro atoms. The number of hydrogen-bond acceptors (Lipinski definition) is 2. The summed E-state index contributed by atoms with van der Waals surface area (Å²) in [5.74, 6) is 0. The second kappa shape index (κ2) is 5.89. The largest absolute Gasteiger partial charge is 0.248 e. The summed E-state index contributed by atoms with van der Waals surface area (Å²) in [7, 11) is 0. The Morgan fingerprint density at radius 2 is 1.04 bits per heavy atom. The lowest BCUT2D eigenvalue weighted by Gasteiger charge is -2.02. The van der Waals surface area contributed by atoms with Gasteiger partial charge in [-0.3, -0.25) is 0 Å². The van der Waals surface area contributed by atoms with Crippen LogP contribution in [0.2, 0.25) is 0 Å². The van der Waals surface area contributed by atoms with E-state index in [0.717, 1.165) is 22.4 Å². The molecule has 2 heteroatoms. The molecule has 4 aromatic rings. The first-order valence-electron chi connectivity index (χ1n) is 8.10. The maximum absolute atomic E-state index is 4.69. The van der Waals surface area contributed by atoms with Gasteiger partial charge >= 0.3 is 0 Å². The fraction of sp³-hybridized carbons (Fsp3) is 0.0909. The van der Waals surface area contributed by atoms with Crippen LogP contribution >= 0.6 is 0 Å². The quantitative estimate of drug-likeness (QED) is 0.483. The minimum atomic E-state index is 0.942. The zero-order chi connectivity index (χ0) is 16.5. The second-order valence-electron chi connectivity index (χ2n) is 6.20. The van der Waals surface area contributed by atoms with Gasteiger partial charge in [0.1, 0.15) is 0 Å². The van der Waals surface area contributed by atoms with Crippen LogP contribution in [0.1, 0.15) is 22.5 Å². The lowest BCUT2D eigenvalue weighted by Crippen LogP contribution is -1.86. The van der Waals surface area contributed by atoms with E-state index in [4.69, 9.17) is 9.97 Å². The van der Waals surface area contributed by atoms with E-state index in [2.05, 4.69) is 62.4 Å². The Morgan fingerprint density at radius 1 is 0.583 bits per heavy atom. The van der Waals surface area contributed by atoms with E-state index in [1.54, 1.807) is 0 Å². The number of fused-ring (bicyclic) bond motifs is 2. The van der Waals surface area contributed by atoms with Gasteiger partial charge in [0.05, 0.1) is 22.4 Å². The molecule has 0 saturated carbocycles. The topological polar surface area (TPSA) is 25.8 Å². The van der Waals surface area contributed by atoms with Crippen LogP contribution in [0.4, 0.5) is 0 Å². The highest BCUT2D eigenvalue weighted by atomic mass is 14.7. The van der Waals surface area contributed by atoms with Crippen molar-refractivity contribution in [3.8, 4) is 0 Å². The van der Waals surface area contributed by atoms with Crippen molar-refractivity contribution >= 4 is 34.0 Å². The standard InChI is InChI=1S/C22H18N2/c1-15-3-11-21-17(13-15)5-7-19(23-21)9-10-20-8-6-18-14-16(2)4-12-22(18)24-20/h3-14H,1-2H3. The maximum atomic E-state index is 4.69. The van der Waals surface area contributed by atoms with Crippen LogP contribution in [-0.4, -0.2) is 9.97 Å². The summed E-state index contributed by atoms with van der Waals surface area (Å²) in [4.78, 5) is 9.38. The summed E-state index contributed by atoms with van der Waals surface area (Å²) >= 11 is 0. The number of rotatable bonds is 2. The molecule has 0 N–H and O–H groups in total. The van der Waals surface area contributed by atoms with Gasteiger partial charge in [0.25, 0.3) is 0 Å². The summed E-state index contributed by atoms with van der Waals surface area (Å²) in [6.45, 7) is 4.19. The smallest absolute Gasteiger partial charge is 0.0709 e. The Morgan fingerprint density at radius 3 is 1.50 bits per heavy atom. The molecule has 0 aliphatic carbocycles. The SMILES string of the molecule is Cc1ccc2nc(C=Cc3ccc4cc(C)ccc4n3)ccc2c1. The molecule has 0 atom stereocenters. The van der Waals surface area contributed by atoms with Crippen molar-refractivity contribution in [2.24, 2.45) is 0 Å². The minimum absolute atomic E-state index is 0.942. The molecule has 0 radical (unpaired) electrons. The maximum Gasteiger partial charge on any atom is 0.0709 e. The first-order valence-corrected chi connectivity index (χ1v) is 8.10. The van der Waals surface area contributed by atoms with Crippen molar-refractivity contribution in [3.05, 3.63) is 83.2 Å². The molecule has 2 aromatic heterocycles. The van der Waals surface area contributed by atoms with Crippen molar-refractivity contribution in [1.82, 2.24) is 9.97 Å². The predicted octanol–water partition coefficient (Wildman–Crippen LogP) is 5.57. The van der Waals surface area contributed by atoms with E-state index in [1.807, 2.05) is 24.3 Å². The fourth-order valence-electron chi connectivity index (χ4n) is 2.88. The third-order valence-electron chi connectivity index (χ3n) is 4.16. The number of aryl methyl sites for hydroxylation is 2. The highest BCUT2D eigenvalue weighted by Crippen LogP contribution is 2.17. The molecule has 116 valence electrons. The molecular formula is C22H18N2. The first kappa shape index (κ1) is 14.6. The van der Waals surface area contributed by atoms with Gasteiger partial charge in [-0.05, 0) is 62.4 Å². The molecule has 24 heavy (non-hydrogen) atoms. The monoisotopic (exact) mass is 310 g/mol. The van der Waals surface area contributed by atoms with Crippen LogP contribution in [0, 0.1) is 13.8 Å². The molecule has 0 aliphatic rings. The third-order valence-corrected chi connectivity index (χ3v) is 4.16. The first-order chi connectivity index (χ1) is 11.7. The van der Waals surface area contributed by atoms with E-state index in [1.165, 1.54) is 21.9 Å². The highest BCUT2D eigenvalue weighted by Gasteiger charge is 1.99. The zero-order valence-electron chi connectivity index (χ0n) is 13.8. The summed E-state index contributed by atoms with van der Waals surface area (Å²) in [6, 6.07) is 21.0. The van der Waals surface area contributed by atoms with Crippen molar-refractivity contribution in [1.29, 1.82) is 0 Å². The average Bonchev–Trinajstić information content (AvgIpc) is 2.60. The van der Waals surface area contributed by atoms with Crippen molar-refractivity contribution < 1.29 is 0 Å². The predicted molar refractivity (Wildman–Crippen MR) is 102 cm³/mol. The molecule has 2 aromatic carbocycles. The van der Waals surface area contributed by atoms with E-state index in [9.17, 15) is 0 Å². The summed E-state index contributed by atoms with van der Waals surface area (Å²) < 4.78 is 0. The van der Waals surface area contributed by atoms with Crippen LogP contribution in [0.25, 0.3) is 34.0 Å². The third kappa shape index (κ3) is 2.91. The molecule has 0 unspecified atom stereocenters. The van der Waals surface area contributed by atoms with Crippen molar-refractivity contribution in [2.45, 2.75) is 13.8 Å². The number of hydrogen-bond donors (Lipinski definition) is 0. The summed E-state index contributed by atoms with van der Waals surface area (Å²) in [6.07, 6.45) is 4.03. The van der Waals surface area contributed by atoms with Crippen LogP contribution in [-0.2, 0) is 0 Å². The summed E-state index contributed by atoms with van der Waals surface area (Å²) in [5, 5.41) is 2.35. The van der Waals surface area contributed by atoms with Crippen LogP contribution in [0.5, 0.6) is 0 Å². The van der Waals surface area contributed by atoms with Crippen molar-refractivity contribution in [3.63, 3.8) is 0 Å². The van der Waals surface area contributed by atoms with Gasteiger partial charge in [-0.1, -0.05) is 35.4 Å². The molecule has 0 amide bonds. The van der Waals surface area contributed by atoms with E-state index in [0.29, 0.717) is 0 Å². The van der Waals surface area contributed by atoms with Gasteiger partial charge in [-0.15, -0.1) is 0 Å². The molecule has 0 saturated heterocycles. The molecule has 0 aliphatic heterocycles. The highest BCUT2D eigenvalue weighted by molar-refractivity contribution is 5.83. The Hall–Kier alpha value is -3.00. The average molecular weight is 310 g/mol. The zero-order valence-corrected chi connectivity index (χ0v) is 13.8.